The van der Waals surface area contributed by atoms with Crippen molar-refractivity contribution in [2.45, 2.75) is 46.1 Å². The number of carbonyl (C=O) groups is 1. The number of alkyl halides is 3. The van der Waals surface area contributed by atoms with Crippen LogP contribution in [0.2, 0.25) is 0 Å². The molecule has 0 heterocycles. The van der Waals surface area contributed by atoms with Gasteiger partial charge < -0.3 is 9.84 Å². The van der Waals surface area contributed by atoms with Crippen molar-refractivity contribution in [3.8, 4) is 0 Å². The molecule has 0 atom stereocenters. The van der Waals surface area contributed by atoms with Crippen molar-refractivity contribution in [1.82, 2.24) is 0 Å². The minimum atomic E-state index is -5.08. The van der Waals surface area contributed by atoms with E-state index in [2.05, 4.69) is 0 Å². The average Bonchev–Trinajstić information content (AvgIpc) is 1.81. The Morgan fingerprint density at radius 2 is 1.36 bits per heavy atom. The summed E-state index contributed by atoms with van der Waals surface area (Å²) < 4.78 is 37.0. The molecule has 0 aromatic rings. The minimum absolute atomic E-state index is 0.375. The van der Waals surface area contributed by atoms with E-state index < -0.39 is 12.1 Å². The van der Waals surface area contributed by atoms with Crippen molar-refractivity contribution < 1.29 is 27.8 Å². The maximum atomic E-state index is 10.6. The number of ether oxygens (including phenoxy) is 1. The first-order valence-electron chi connectivity index (χ1n) is 4.03. The molecule has 0 rings (SSSR count). The van der Waals surface area contributed by atoms with E-state index in [4.69, 9.17) is 14.6 Å². The quantitative estimate of drug-likeness (QED) is 0.771. The molecule has 14 heavy (non-hydrogen) atoms. The second kappa shape index (κ2) is 6.64. The number of aliphatic carboxylic acids is 1. The largest absolute Gasteiger partial charge is 0.490 e. The van der Waals surface area contributed by atoms with Crippen LogP contribution in [0.4, 0.5) is 13.2 Å². The first-order valence-corrected chi connectivity index (χ1v) is 4.03. The molecule has 3 nitrogen and oxygen atoms in total. The van der Waals surface area contributed by atoms with Gasteiger partial charge in [0, 0.05) is 0 Å². The molecule has 6 heteroatoms. The molecule has 0 amide bonds. The molecule has 0 aromatic heterocycles. The first kappa shape index (κ1) is 15.7. The zero-order valence-corrected chi connectivity index (χ0v) is 8.55. The maximum Gasteiger partial charge on any atom is 0.490 e. The monoisotopic (exact) mass is 216 g/mol. The summed E-state index contributed by atoms with van der Waals surface area (Å²) in [5.74, 6) is -2.76. The molecular weight excluding hydrogens is 201 g/mol. The van der Waals surface area contributed by atoms with Gasteiger partial charge in [-0.2, -0.15) is 13.2 Å². The van der Waals surface area contributed by atoms with Crippen LogP contribution in [-0.4, -0.2) is 29.5 Å². The van der Waals surface area contributed by atoms with E-state index in [1.807, 2.05) is 27.7 Å². The molecule has 0 aliphatic carbocycles. The standard InChI is InChI=1S/C6H14O.C2HF3O2/c1-5(2)7-6(3)4;3-2(4,5)1(6)7/h5-6H,1-4H3;(H,6,7). The van der Waals surface area contributed by atoms with Crippen molar-refractivity contribution in [1.29, 1.82) is 0 Å². The van der Waals surface area contributed by atoms with Crippen LogP contribution < -0.4 is 0 Å². The number of carboxylic acids is 1. The van der Waals surface area contributed by atoms with Gasteiger partial charge in [0.2, 0.25) is 0 Å². The molecule has 0 aliphatic rings. The van der Waals surface area contributed by atoms with E-state index in [0.29, 0.717) is 12.2 Å². The summed E-state index contributed by atoms with van der Waals surface area (Å²) >= 11 is 0. The topological polar surface area (TPSA) is 46.5 Å². The first-order chi connectivity index (χ1) is 6.07. The van der Waals surface area contributed by atoms with Gasteiger partial charge in [-0.3, -0.25) is 0 Å². The number of halogens is 3. The van der Waals surface area contributed by atoms with Gasteiger partial charge in [0.1, 0.15) is 0 Å². The highest BCUT2D eigenvalue weighted by Crippen LogP contribution is 2.13. The maximum absolute atomic E-state index is 10.6. The van der Waals surface area contributed by atoms with Crippen LogP contribution in [0.25, 0.3) is 0 Å². The number of hydrogen-bond acceptors (Lipinski definition) is 2. The summed E-state index contributed by atoms with van der Waals surface area (Å²) in [6, 6.07) is 0. The SMILES string of the molecule is CC(C)OC(C)C.O=C(O)C(F)(F)F. The summed E-state index contributed by atoms with van der Waals surface area (Å²) in [6.07, 6.45) is -4.33. The van der Waals surface area contributed by atoms with E-state index in [1.165, 1.54) is 0 Å². The van der Waals surface area contributed by atoms with Crippen LogP contribution in [0.1, 0.15) is 27.7 Å². The zero-order chi connectivity index (χ0) is 11.9. The van der Waals surface area contributed by atoms with Crippen LogP contribution in [-0.2, 0) is 9.53 Å². The van der Waals surface area contributed by atoms with Gasteiger partial charge in [0.25, 0.3) is 0 Å². The molecule has 0 spiro atoms. The molecule has 0 fully saturated rings. The molecule has 0 saturated heterocycles. The highest BCUT2D eigenvalue weighted by Gasteiger charge is 2.38. The lowest BCUT2D eigenvalue weighted by atomic mass is 10.4. The van der Waals surface area contributed by atoms with E-state index in [9.17, 15) is 13.2 Å². The Morgan fingerprint density at radius 3 is 1.36 bits per heavy atom. The fourth-order valence-corrected chi connectivity index (χ4v) is 0.544. The number of hydrogen-bond donors (Lipinski definition) is 1. The summed E-state index contributed by atoms with van der Waals surface area (Å²) in [6.45, 7) is 8.17. The molecule has 0 bridgehead atoms. The Kier molecular flexibility index (Phi) is 7.44. The number of carboxylic acid groups (broad SMARTS) is 1. The van der Waals surface area contributed by atoms with E-state index in [1.54, 1.807) is 0 Å². The molecule has 86 valence electrons. The third-order valence-electron chi connectivity index (χ3n) is 0.787. The van der Waals surface area contributed by atoms with Gasteiger partial charge in [0.05, 0.1) is 12.2 Å². The molecule has 0 aliphatic heterocycles. The van der Waals surface area contributed by atoms with Crippen molar-refractivity contribution in [3.05, 3.63) is 0 Å². The third kappa shape index (κ3) is 13.8. The van der Waals surface area contributed by atoms with Crippen molar-refractivity contribution >= 4 is 5.97 Å². The zero-order valence-electron chi connectivity index (χ0n) is 8.55. The predicted molar refractivity (Wildman–Crippen MR) is 45.0 cm³/mol. The Balaban J connectivity index is 0. The van der Waals surface area contributed by atoms with Crippen LogP contribution in [0.15, 0.2) is 0 Å². The van der Waals surface area contributed by atoms with Gasteiger partial charge >= 0.3 is 12.1 Å². The number of rotatable bonds is 2. The van der Waals surface area contributed by atoms with E-state index in [-0.39, 0.29) is 0 Å². The second-order valence-corrected chi connectivity index (χ2v) is 3.04. The summed E-state index contributed by atoms with van der Waals surface area (Å²) in [7, 11) is 0. The van der Waals surface area contributed by atoms with E-state index in [0.717, 1.165) is 0 Å². The second-order valence-electron chi connectivity index (χ2n) is 3.04. The lowest BCUT2D eigenvalue weighted by molar-refractivity contribution is -0.192. The van der Waals surface area contributed by atoms with Crippen molar-refractivity contribution in [2.24, 2.45) is 0 Å². The van der Waals surface area contributed by atoms with Crippen LogP contribution in [0.5, 0.6) is 0 Å². The fraction of sp³-hybridized carbons (Fsp3) is 0.875. The minimum Gasteiger partial charge on any atom is -0.475 e. The highest BCUT2D eigenvalue weighted by molar-refractivity contribution is 5.73. The van der Waals surface area contributed by atoms with Crippen molar-refractivity contribution in [2.75, 3.05) is 0 Å². The van der Waals surface area contributed by atoms with Crippen LogP contribution in [0.3, 0.4) is 0 Å². The molecule has 0 unspecified atom stereocenters. The predicted octanol–water partition coefficient (Wildman–Crippen LogP) is 2.45. The summed E-state index contributed by atoms with van der Waals surface area (Å²) in [4.78, 5) is 8.90. The Morgan fingerprint density at radius 1 is 1.14 bits per heavy atom. The molecule has 1 N–H and O–H groups in total. The molecule has 0 radical (unpaired) electrons. The Hall–Kier alpha value is -0.780. The van der Waals surface area contributed by atoms with Gasteiger partial charge in [-0.15, -0.1) is 0 Å². The van der Waals surface area contributed by atoms with Gasteiger partial charge in [0.15, 0.2) is 0 Å². The summed E-state index contributed by atoms with van der Waals surface area (Å²) in [5, 5.41) is 7.12. The smallest absolute Gasteiger partial charge is 0.475 e. The average molecular weight is 216 g/mol. The van der Waals surface area contributed by atoms with Crippen LogP contribution in [0, 0.1) is 0 Å². The van der Waals surface area contributed by atoms with Gasteiger partial charge in [-0.1, -0.05) is 0 Å². The third-order valence-corrected chi connectivity index (χ3v) is 0.787. The van der Waals surface area contributed by atoms with Gasteiger partial charge in [-0.05, 0) is 27.7 Å². The van der Waals surface area contributed by atoms with Gasteiger partial charge in [-0.25, -0.2) is 4.79 Å². The lowest BCUT2D eigenvalue weighted by Crippen LogP contribution is -2.21. The molecular formula is C8H15F3O3. The molecule has 0 saturated carbocycles. The van der Waals surface area contributed by atoms with Crippen LogP contribution >= 0.6 is 0 Å². The fourth-order valence-electron chi connectivity index (χ4n) is 0.544. The van der Waals surface area contributed by atoms with Crippen molar-refractivity contribution in [3.63, 3.8) is 0 Å². The Bertz CT molecular complexity index is 158. The normalized spacial score (nSPS) is 11.2. The van der Waals surface area contributed by atoms with E-state index >= 15 is 0 Å². The lowest BCUT2D eigenvalue weighted by Gasteiger charge is -2.09. The molecule has 0 aromatic carbocycles. The summed E-state index contributed by atoms with van der Waals surface area (Å²) in [5.41, 5.74) is 0. The highest BCUT2D eigenvalue weighted by atomic mass is 19.4. The Labute approximate surface area is 80.9 Å².